The van der Waals surface area contributed by atoms with Gasteiger partial charge in [0.1, 0.15) is 17.7 Å². The molecule has 0 amide bonds. The average Bonchev–Trinajstić information content (AvgIpc) is 2.86. The molecule has 5 heteroatoms. The number of oxazole rings is 1. The third-order valence-electron chi connectivity index (χ3n) is 1.61. The summed E-state index contributed by atoms with van der Waals surface area (Å²) in [5.41, 5.74) is 0.444. The van der Waals surface area contributed by atoms with Crippen LogP contribution in [-0.4, -0.2) is 10.1 Å². The second-order valence-electron chi connectivity index (χ2n) is 2.63. The van der Waals surface area contributed by atoms with Gasteiger partial charge in [0.2, 0.25) is 0 Å². The number of aliphatic hydroxyl groups is 1. The van der Waals surface area contributed by atoms with Crippen LogP contribution in [0.5, 0.6) is 6.08 Å². The molecule has 2 heterocycles. The molecule has 14 heavy (non-hydrogen) atoms. The lowest BCUT2D eigenvalue weighted by Gasteiger charge is -1.96. The fraction of sp³-hybridized carbons (Fsp3) is 0.222. The van der Waals surface area contributed by atoms with Gasteiger partial charge in [0, 0.05) is 0 Å². The Morgan fingerprint density at radius 3 is 3.00 bits per heavy atom. The summed E-state index contributed by atoms with van der Waals surface area (Å²) in [7, 11) is 0. The van der Waals surface area contributed by atoms with E-state index in [0.29, 0.717) is 11.5 Å². The van der Waals surface area contributed by atoms with Crippen LogP contribution >= 0.6 is 0 Å². The Labute approximate surface area is 79.9 Å². The second-order valence-corrected chi connectivity index (χ2v) is 2.63. The average molecular weight is 195 g/mol. The molecule has 0 aromatic carbocycles. The first-order valence-electron chi connectivity index (χ1n) is 4.09. The van der Waals surface area contributed by atoms with Crippen molar-refractivity contribution in [2.45, 2.75) is 13.2 Å². The second kappa shape index (κ2) is 3.97. The van der Waals surface area contributed by atoms with Crippen molar-refractivity contribution in [2.75, 3.05) is 0 Å². The van der Waals surface area contributed by atoms with Crippen molar-refractivity contribution in [1.82, 2.24) is 4.98 Å². The summed E-state index contributed by atoms with van der Waals surface area (Å²) in [6, 6.07) is 3.56. The van der Waals surface area contributed by atoms with Crippen LogP contribution in [0.25, 0.3) is 0 Å². The van der Waals surface area contributed by atoms with Crippen molar-refractivity contribution >= 4 is 0 Å². The molecule has 2 aromatic heterocycles. The van der Waals surface area contributed by atoms with Gasteiger partial charge in [0.15, 0.2) is 6.61 Å². The van der Waals surface area contributed by atoms with Gasteiger partial charge in [0.25, 0.3) is 0 Å². The number of aliphatic hydroxyl groups excluding tert-OH is 1. The summed E-state index contributed by atoms with van der Waals surface area (Å²) in [5.74, 6) is 0.689. The van der Waals surface area contributed by atoms with E-state index in [2.05, 4.69) is 4.98 Å². The fourth-order valence-corrected chi connectivity index (χ4v) is 0.955. The Balaban J connectivity index is 1.92. The summed E-state index contributed by atoms with van der Waals surface area (Å²) in [4.78, 5) is 3.85. The van der Waals surface area contributed by atoms with Crippen molar-refractivity contribution in [1.29, 1.82) is 0 Å². The van der Waals surface area contributed by atoms with Gasteiger partial charge in [-0.2, -0.15) is 4.98 Å². The minimum atomic E-state index is -0.159. The Hall–Kier alpha value is -1.75. The smallest absolute Gasteiger partial charge is 0.394 e. The molecular weight excluding hydrogens is 186 g/mol. The number of nitrogens with zero attached hydrogens (tertiary/aromatic N) is 1. The van der Waals surface area contributed by atoms with Gasteiger partial charge < -0.3 is 18.7 Å². The highest BCUT2D eigenvalue weighted by Gasteiger charge is 2.04. The maximum absolute atomic E-state index is 8.71. The van der Waals surface area contributed by atoms with Crippen molar-refractivity contribution in [3.63, 3.8) is 0 Å². The van der Waals surface area contributed by atoms with E-state index >= 15 is 0 Å². The molecule has 0 saturated heterocycles. The first kappa shape index (κ1) is 8.83. The van der Waals surface area contributed by atoms with Crippen molar-refractivity contribution in [2.24, 2.45) is 0 Å². The highest BCUT2D eigenvalue weighted by molar-refractivity contribution is 5.00. The molecule has 0 unspecified atom stereocenters. The van der Waals surface area contributed by atoms with Gasteiger partial charge in [0.05, 0.1) is 12.9 Å². The van der Waals surface area contributed by atoms with Crippen LogP contribution < -0.4 is 4.74 Å². The Morgan fingerprint density at radius 2 is 2.36 bits per heavy atom. The maximum atomic E-state index is 8.71. The molecule has 2 rings (SSSR count). The van der Waals surface area contributed by atoms with Gasteiger partial charge in [-0.05, 0) is 12.1 Å². The quantitative estimate of drug-likeness (QED) is 0.797. The number of hydrogen-bond donors (Lipinski definition) is 1. The monoisotopic (exact) mass is 195 g/mol. The summed E-state index contributed by atoms with van der Waals surface area (Å²) in [6.45, 7) is 0.103. The Bertz CT molecular complexity index is 379. The molecule has 0 aliphatic heterocycles. The van der Waals surface area contributed by atoms with E-state index in [4.69, 9.17) is 18.7 Å². The lowest BCUT2D eigenvalue weighted by atomic mass is 10.5. The van der Waals surface area contributed by atoms with Gasteiger partial charge in [-0.3, -0.25) is 0 Å². The number of rotatable bonds is 4. The van der Waals surface area contributed by atoms with E-state index in [1.165, 1.54) is 6.26 Å². The molecule has 0 spiro atoms. The molecule has 0 saturated carbocycles. The lowest BCUT2D eigenvalue weighted by Crippen LogP contribution is -1.94. The summed E-state index contributed by atoms with van der Waals surface area (Å²) in [6.07, 6.45) is 3.04. The molecular formula is C9H9NO4. The molecule has 0 aliphatic carbocycles. The van der Waals surface area contributed by atoms with Crippen molar-refractivity contribution in [3.05, 3.63) is 36.1 Å². The fourth-order valence-electron chi connectivity index (χ4n) is 0.955. The SMILES string of the molecule is OCc1coc(OCc2ccco2)n1. The van der Waals surface area contributed by atoms with Gasteiger partial charge in [-0.15, -0.1) is 0 Å². The van der Waals surface area contributed by atoms with Gasteiger partial charge in [-0.25, -0.2) is 0 Å². The molecule has 74 valence electrons. The van der Waals surface area contributed by atoms with Crippen molar-refractivity contribution in [3.8, 4) is 6.08 Å². The zero-order chi connectivity index (χ0) is 9.80. The predicted octanol–water partition coefficient (Wildman–Crippen LogP) is 1.34. The van der Waals surface area contributed by atoms with Crippen LogP contribution in [0.2, 0.25) is 0 Å². The molecule has 0 fully saturated rings. The Morgan fingerprint density at radius 1 is 1.43 bits per heavy atom. The molecule has 0 aliphatic rings. The first-order valence-corrected chi connectivity index (χ1v) is 4.09. The van der Waals surface area contributed by atoms with Crippen LogP contribution in [0.1, 0.15) is 11.5 Å². The topological polar surface area (TPSA) is 68.6 Å². The number of hydrogen-bond acceptors (Lipinski definition) is 5. The highest BCUT2D eigenvalue weighted by atomic mass is 16.6. The standard InChI is InChI=1S/C9H9NO4/c11-4-7-5-13-9(10-7)14-6-8-2-1-3-12-8/h1-3,5,11H,4,6H2. The van der Waals surface area contributed by atoms with Crippen LogP contribution in [0.4, 0.5) is 0 Å². The zero-order valence-corrected chi connectivity index (χ0v) is 7.34. The first-order chi connectivity index (χ1) is 6.88. The number of ether oxygens (including phenoxy) is 1. The third-order valence-corrected chi connectivity index (χ3v) is 1.61. The van der Waals surface area contributed by atoms with Crippen LogP contribution in [-0.2, 0) is 13.2 Å². The van der Waals surface area contributed by atoms with E-state index in [-0.39, 0.29) is 19.3 Å². The molecule has 1 N–H and O–H groups in total. The van der Waals surface area contributed by atoms with Gasteiger partial charge in [-0.1, -0.05) is 0 Å². The molecule has 0 atom stereocenters. The third kappa shape index (κ3) is 1.94. The normalized spacial score (nSPS) is 10.4. The molecule has 5 nitrogen and oxygen atoms in total. The van der Waals surface area contributed by atoms with Crippen LogP contribution in [0.15, 0.2) is 33.5 Å². The van der Waals surface area contributed by atoms with Gasteiger partial charge >= 0.3 is 6.08 Å². The summed E-state index contributed by atoms with van der Waals surface area (Å²) < 4.78 is 15.1. The van der Waals surface area contributed by atoms with E-state index in [1.54, 1.807) is 18.4 Å². The molecule has 0 bridgehead atoms. The van der Waals surface area contributed by atoms with Crippen LogP contribution in [0, 0.1) is 0 Å². The Kier molecular flexibility index (Phi) is 2.51. The predicted molar refractivity (Wildman–Crippen MR) is 45.5 cm³/mol. The van der Waals surface area contributed by atoms with E-state index in [0.717, 1.165) is 0 Å². The summed E-state index contributed by atoms with van der Waals surface area (Å²) in [5, 5.41) is 8.71. The highest BCUT2D eigenvalue weighted by Crippen LogP contribution is 2.12. The summed E-state index contributed by atoms with van der Waals surface area (Å²) >= 11 is 0. The van der Waals surface area contributed by atoms with Crippen LogP contribution in [0.3, 0.4) is 0 Å². The zero-order valence-electron chi connectivity index (χ0n) is 7.34. The van der Waals surface area contributed by atoms with E-state index < -0.39 is 0 Å². The molecule has 0 radical (unpaired) electrons. The van der Waals surface area contributed by atoms with E-state index in [1.807, 2.05) is 0 Å². The van der Waals surface area contributed by atoms with Crippen molar-refractivity contribution < 1.29 is 18.7 Å². The minimum absolute atomic E-state index is 0.130. The lowest BCUT2D eigenvalue weighted by molar-refractivity contribution is 0.200. The number of aromatic nitrogens is 1. The number of furan rings is 1. The molecule has 2 aromatic rings. The minimum Gasteiger partial charge on any atom is -0.466 e. The maximum Gasteiger partial charge on any atom is 0.394 e. The largest absolute Gasteiger partial charge is 0.466 e. The van der Waals surface area contributed by atoms with E-state index in [9.17, 15) is 0 Å².